The summed E-state index contributed by atoms with van der Waals surface area (Å²) in [6.07, 6.45) is -1.82. The van der Waals surface area contributed by atoms with Crippen molar-refractivity contribution in [2.45, 2.75) is 36.9 Å². The van der Waals surface area contributed by atoms with E-state index in [1.54, 1.807) is 12.1 Å². The number of anilines is 1. The number of methoxy groups -OCH3 is 1. The number of piperazine rings is 1. The zero-order valence-corrected chi connectivity index (χ0v) is 20.7. The largest absolute Gasteiger partial charge is 0.453 e. The van der Waals surface area contributed by atoms with E-state index < -0.39 is 60.6 Å². The maximum Gasteiger partial charge on any atom is 0.410 e. The van der Waals surface area contributed by atoms with Crippen LogP contribution in [0.5, 0.6) is 0 Å². The molecule has 0 bridgehead atoms. The second-order valence-corrected chi connectivity index (χ2v) is 9.37. The average Bonchev–Trinajstić information content (AvgIpc) is 2.85. The SMILES string of the molecule is COC(=O)N1CCNCC1C(=O)N(c1cccc(F)c1)[C@@H](C(=O)NC1CC(F)(F)C1)c1ccccc1Cl. The molecule has 1 saturated heterocycles. The first-order valence-corrected chi connectivity index (χ1v) is 12.1. The van der Waals surface area contributed by atoms with Crippen LogP contribution in [0.15, 0.2) is 48.5 Å². The van der Waals surface area contributed by atoms with E-state index >= 15 is 0 Å². The highest BCUT2D eigenvalue weighted by molar-refractivity contribution is 6.31. The van der Waals surface area contributed by atoms with Crippen molar-refractivity contribution in [1.82, 2.24) is 15.5 Å². The number of halogens is 4. The summed E-state index contributed by atoms with van der Waals surface area (Å²) in [4.78, 5) is 42.5. The number of ether oxygens (including phenoxy) is 1. The van der Waals surface area contributed by atoms with Crippen LogP contribution in [-0.4, -0.2) is 67.6 Å². The molecule has 2 aromatic rings. The number of carbonyl (C=O) groups excluding carboxylic acids is 3. The zero-order chi connectivity index (χ0) is 26.7. The van der Waals surface area contributed by atoms with Crippen molar-refractivity contribution in [1.29, 1.82) is 0 Å². The number of hydrogen-bond donors (Lipinski definition) is 2. The molecule has 2 aromatic carbocycles. The summed E-state index contributed by atoms with van der Waals surface area (Å²) in [7, 11) is 1.19. The predicted molar refractivity (Wildman–Crippen MR) is 130 cm³/mol. The minimum absolute atomic E-state index is 0.0272. The van der Waals surface area contributed by atoms with E-state index in [1.807, 2.05) is 0 Å². The standard InChI is InChI=1S/C25H26ClF3N4O4/c1-37-24(36)32-10-9-30-14-20(32)23(35)33(17-6-4-5-15(27)11-17)21(18-7-2-3-8-19(18)26)22(34)31-16-12-25(28,29)13-16/h2-8,11,16,20-21,30H,9-10,12-14H2,1H3,(H,31,34)/t20?,21-/m1/s1. The number of rotatable bonds is 6. The van der Waals surface area contributed by atoms with Gasteiger partial charge in [-0.15, -0.1) is 0 Å². The van der Waals surface area contributed by atoms with Crippen LogP contribution in [0.25, 0.3) is 0 Å². The molecule has 2 atom stereocenters. The van der Waals surface area contributed by atoms with E-state index in [9.17, 15) is 27.6 Å². The first kappa shape index (κ1) is 26.7. The van der Waals surface area contributed by atoms with Crippen LogP contribution in [0.4, 0.5) is 23.7 Å². The third-order valence-corrected chi connectivity index (χ3v) is 6.75. The molecule has 1 heterocycles. The summed E-state index contributed by atoms with van der Waals surface area (Å²) >= 11 is 6.44. The Hall–Kier alpha value is -3.31. The van der Waals surface area contributed by atoms with Crippen LogP contribution in [0.2, 0.25) is 5.02 Å². The lowest BCUT2D eigenvalue weighted by Crippen LogP contribution is -2.62. The molecule has 2 N–H and O–H groups in total. The van der Waals surface area contributed by atoms with Gasteiger partial charge in [0.15, 0.2) is 0 Å². The maximum absolute atomic E-state index is 14.4. The van der Waals surface area contributed by atoms with Crippen molar-refractivity contribution in [3.8, 4) is 0 Å². The number of nitrogens with zero attached hydrogens (tertiary/aromatic N) is 2. The third kappa shape index (κ3) is 5.83. The van der Waals surface area contributed by atoms with Crippen LogP contribution < -0.4 is 15.5 Å². The Balaban J connectivity index is 1.80. The third-order valence-electron chi connectivity index (χ3n) is 6.40. The topological polar surface area (TPSA) is 91.0 Å². The van der Waals surface area contributed by atoms with Crippen molar-refractivity contribution in [3.63, 3.8) is 0 Å². The van der Waals surface area contributed by atoms with E-state index in [0.717, 1.165) is 11.0 Å². The van der Waals surface area contributed by atoms with Crippen molar-refractivity contribution >= 4 is 35.2 Å². The van der Waals surface area contributed by atoms with Crippen molar-refractivity contribution < 1.29 is 32.3 Å². The maximum atomic E-state index is 14.4. The van der Waals surface area contributed by atoms with Gasteiger partial charge in [0.1, 0.15) is 17.9 Å². The van der Waals surface area contributed by atoms with Crippen LogP contribution in [0, 0.1) is 5.82 Å². The van der Waals surface area contributed by atoms with Gasteiger partial charge in [-0.05, 0) is 24.3 Å². The molecule has 4 rings (SSSR count). The number of nitrogens with one attached hydrogen (secondary N) is 2. The lowest BCUT2D eigenvalue weighted by atomic mass is 9.87. The average molecular weight is 539 g/mol. The van der Waals surface area contributed by atoms with E-state index in [4.69, 9.17) is 16.3 Å². The molecule has 0 aromatic heterocycles. The predicted octanol–water partition coefficient (Wildman–Crippen LogP) is 3.51. The lowest BCUT2D eigenvalue weighted by molar-refractivity contribution is -0.133. The van der Waals surface area contributed by atoms with Gasteiger partial charge in [-0.25, -0.2) is 18.0 Å². The Kier molecular flexibility index (Phi) is 7.93. The van der Waals surface area contributed by atoms with Crippen LogP contribution in [0.3, 0.4) is 0 Å². The lowest BCUT2D eigenvalue weighted by Gasteiger charge is -2.41. The fraction of sp³-hybridized carbons (Fsp3) is 0.400. The van der Waals surface area contributed by atoms with Gasteiger partial charge >= 0.3 is 6.09 Å². The summed E-state index contributed by atoms with van der Waals surface area (Å²) in [5.41, 5.74) is 0.234. The van der Waals surface area contributed by atoms with Crippen molar-refractivity contribution in [3.05, 3.63) is 64.9 Å². The molecular formula is C25H26ClF3N4O4. The van der Waals surface area contributed by atoms with Gasteiger partial charge in [0.2, 0.25) is 5.91 Å². The zero-order valence-electron chi connectivity index (χ0n) is 19.9. The summed E-state index contributed by atoms with van der Waals surface area (Å²) < 4.78 is 46.2. The van der Waals surface area contributed by atoms with E-state index in [-0.39, 0.29) is 29.4 Å². The Labute approximate surface area is 216 Å². The minimum Gasteiger partial charge on any atom is -0.453 e. The highest BCUT2D eigenvalue weighted by Gasteiger charge is 2.48. The molecule has 2 aliphatic rings. The van der Waals surface area contributed by atoms with Gasteiger partial charge in [0.05, 0.1) is 7.11 Å². The number of hydrogen-bond acceptors (Lipinski definition) is 5. The Morgan fingerprint density at radius 2 is 1.92 bits per heavy atom. The summed E-state index contributed by atoms with van der Waals surface area (Å²) in [5.74, 6) is -5.02. The number of alkyl halides is 2. The van der Waals surface area contributed by atoms with Gasteiger partial charge < -0.3 is 15.4 Å². The van der Waals surface area contributed by atoms with Crippen LogP contribution >= 0.6 is 11.6 Å². The summed E-state index contributed by atoms with van der Waals surface area (Å²) in [6, 6.07) is 7.99. The first-order valence-electron chi connectivity index (χ1n) is 11.7. The second-order valence-electron chi connectivity index (χ2n) is 8.97. The number of benzene rings is 2. The number of amides is 3. The molecule has 0 radical (unpaired) electrons. The molecule has 1 aliphatic heterocycles. The normalized spacial score (nSPS) is 19.9. The molecule has 2 fully saturated rings. The first-order chi connectivity index (χ1) is 17.6. The highest BCUT2D eigenvalue weighted by atomic mass is 35.5. The molecule has 8 nitrogen and oxygen atoms in total. The van der Waals surface area contributed by atoms with Crippen molar-refractivity contribution in [2.24, 2.45) is 0 Å². The Bertz CT molecular complexity index is 1180. The van der Waals surface area contributed by atoms with Crippen molar-refractivity contribution in [2.75, 3.05) is 31.6 Å². The number of carbonyl (C=O) groups is 3. The fourth-order valence-corrected chi connectivity index (χ4v) is 4.83. The Morgan fingerprint density at radius 3 is 2.57 bits per heavy atom. The molecular weight excluding hydrogens is 513 g/mol. The van der Waals surface area contributed by atoms with E-state index in [0.29, 0.717) is 6.54 Å². The molecule has 1 unspecified atom stereocenters. The quantitative estimate of drug-likeness (QED) is 0.587. The molecule has 0 spiro atoms. The van der Waals surface area contributed by atoms with Gasteiger partial charge in [0.25, 0.3) is 11.8 Å². The molecule has 1 saturated carbocycles. The summed E-state index contributed by atoms with van der Waals surface area (Å²) in [6.45, 7) is 0.606. The molecule has 198 valence electrons. The molecule has 3 amide bonds. The smallest absolute Gasteiger partial charge is 0.410 e. The molecule has 1 aliphatic carbocycles. The van der Waals surface area contributed by atoms with Crippen LogP contribution in [-0.2, 0) is 14.3 Å². The summed E-state index contributed by atoms with van der Waals surface area (Å²) in [5, 5.41) is 5.76. The van der Waals surface area contributed by atoms with Gasteiger partial charge in [-0.3, -0.25) is 19.4 Å². The van der Waals surface area contributed by atoms with Gasteiger partial charge in [0, 0.05) is 54.8 Å². The fourth-order valence-electron chi connectivity index (χ4n) is 4.59. The second kappa shape index (κ2) is 11.0. The molecule has 12 heteroatoms. The van der Waals surface area contributed by atoms with E-state index in [2.05, 4.69) is 10.6 Å². The molecule has 37 heavy (non-hydrogen) atoms. The monoisotopic (exact) mass is 538 g/mol. The minimum atomic E-state index is -2.88. The van der Waals surface area contributed by atoms with Crippen LogP contribution in [0.1, 0.15) is 24.4 Å². The highest BCUT2D eigenvalue weighted by Crippen LogP contribution is 2.39. The Morgan fingerprint density at radius 1 is 1.19 bits per heavy atom. The van der Waals surface area contributed by atoms with Gasteiger partial charge in [-0.1, -0.05) is 35.9 Å². The van der Waals surface area contributed by atoms with Gasteiger partial charge in [-0.2, -0.15) is 0 Å². The van der Waals surface area contributed by atoms with E-state index in [1.165, 1.54) is 42.3 Å².